The molecule has 0 aromatic rings. The molecule has 0 spiro atoms. The Labute approximate surface area is 49.1 Å². The van der Waals surface area contributed by atoms with Crippen molar-refractivity contribution in [2.75, 3.05) is 0 Å². The standard InChI is InChI=1S/C6H12O2/c1-6(2)4(7)3-5(6)8/h4-5,7-8H,3H2,1-2H3/t4-,5-/m1/s1. The third kappa shape index (κ3) is 0.565. The lowest BCUT2D eigenvalue weighted by molar-refractivity contribution is -0.146. The van der Waals surface area contributed by atoms with Crippen LogP contribution in [0.15, 0.2) is 0 Å². The maximum absolute atomic E-state index is 8.99. The first kappa shape index (κ1) is 6.05. The minimum atomic E-state index is -0.294. The molecule has 0 saturated heterocycles. The predicted molar refractivity (Wildman–Crippen MR) is 30.4 cm³/mol. The normalized spacial score (nSPS) is 43.5. The van der Waals surface area contributed by atoms with E-state index < -0.39 is 0 Å². The van der Waals surface area contributed by atoms with Gasteiger partial charge in [-0.25, -0.2) is 0 Å². The van der Waals surface area contributed by atoms with Gasteiger partial charge in [0.1, 0.15) is 0 Å². The quantitative estimate of drug-likeness (QED) is 0.472. The van der Waals surface area contributed by atoms with Gasteiger partial charge in [-0.05, 0) is 0 Å². The molecule has 0 aromatic heterocycles. The van der Waals surface area contributed by atoms with E-state index in [-0.39, 0.29) is 17.6 Å². The summed E-state index contributed by atoms with van der Waals surface area (Å²) in [5.41, 5.74) is -0.250. The van der Waals surface area contributed by atoms with Crippen molar-refractivity contribution in [1.29, 1.82) is 0 Å². The summed E-state index contributed by atoms with van der Waals surface area (Å²) in [5, 5.41) is 18.0. The van der Waals surface area contributed by atoms with Crippen molar-refractivity contribution in [2.45, 2.75) is 32.5 Å². The van der Waals surface area contributed by atoms with Crippen LogP contribution in [0.25, 0.3) is 0 Å². The van der Waals surface area contributed by atoms with E-state index in [4.69, 9.17) is 10.2 Å². The van der Waals surface area contributed by atoms with E-state index in [9.17, 15) is 0 Å². The van der Waals surface area contributed by atoms with Crippen molar-refractivity contribution in [3.05, 3.63) is 0 Å². The second-order valence-corrected chi connectivity index (χ2v) is 3.09. The highest BCUT2D eigenvalue weighted by Gasteiger charge is 2.46. The molecular weight excluding hydrogens is 104 g/mol. The molecule has 2 N–H and O–H groups in total. The third-order valence-electron chi connectivity index (χ3n) is 2.16. The summed E-state index contributed by atoms with van der Waals surface area (Å²) in [6, 6.07) is 0. The molecule has 0 radical (unpaired) electrons. The molecular formula is C6H12O2. The van der Waals surface area contributed by atoms with Gasteiger partial charge in [0.2, 0.25) is 0 Å². The molecule has 1 aliphatic rings. The molecule has 0 unspecified atom stereocenters. The number of aliphatic hydroxyl groups is 2. The van der Waals surface area contributed by atoms with Gasteiger partial charge in [-0.1, -0.05) is 13.8 Å². The summed E-state index contributed by atoms with van der Waals surface area (Å²) < 4.78 is 0. The molecule has 8 heavy (non-hydrogen) atoms. The van der Waals surface area contributed by atoms with Crippen molar-refractivity contribution in [3.8, 4) is 0 Å². The molecule has 0 aromatic carbocycles. The van der Waals surface area contributed by atoms with Gasteiger partial charge in [0, 0.05) is 11.8 Å². The van der Waals surface area contributed by atoms with Gasteiger partial charge < -0.3 is 10.2 Å². The molecule has 0 aliphatic heterocycles. The topological polar surface area (TPSA) is 40.5 Å². The highest BCUT2D eigenvalue weighted by molar-refractivity contribution is 4.96. The van der Waals surface area contributed by atoms with Crippen LogP contribution in [0.1, 0.15) is 20.3 Å². The Kier molecular flexibility index (Phi) is 1.10. The summed E-state index contributed by atoms with van der Waals surface area (Å²) in [6.45, 7) is 3.73. The fourth-order valence-electron chi connectivity index (χ4n) is 0.881. The minimum Gasteiger partial charge on any atom is -0.392 e. The molecule has 2 atom stereocenters. The number of hydrogen-bond donors (Lipinski definition) is 2. The van der Waals surface area contributed by atoms with Crippen molar-refractivity contribution in [2.24, 2.45) is 5.41 Å². The second kappa shape index (κ2) is 1.45. The monoisotopic (exact) mass is 116 g/mol. The SMILES string of the molecule is CC1(C)[C@H](O)C[C@H]1O. The molecule has 1 fully saturated rings. The van der Waals surface area contributed by atoms with Crippen molar-refractivity contribution >= 4 is 0 Å². The van der Waals surface area contributed by atoms with Gasteiger partial charge in [0.25, 0.3) is 0 Å². The Morgan fingerprint density at radius 2 is 1.62 bits per heavy atom. The maximum Gasteiger partial charge on any atom is 0.0640 e. The van der Waals surface area contributed by atoms with Gasteiger partial charge in [-0.3, -0.25) is 0 Å². The first-order chi connectivity index (χ1) is 3.55. The molecule has 2 nitrogen and oxygen atoms in total. The molecule has 1 aliphatic carbocycles. The predicted octanol–water partition coefficient (Wildman–Crippen LogP) is 0.138. The fraction of sp³-hybridized carbons (Fsp3) is 1.00. The van der Waals surface area contributed by atoms with Crippen molar-refractivity contribution in [3.63, 3.8) is 0 Å². The zero-order valence-corrected chi connectivity index (χ0v) is 5.26. The van der Waals surface area contributed by atoms with E-state index in [2.05, 4.69) is 0 Å². The number of rotatable bonds is 0. The van der Waals surface area contributed by atoms with E-state index in [0.717, 1.165) is 0 Å². The van der Waals surface area contributed by atoms with E-state index in [1.165, 1.54) is 0 Å². The summed E-state index contributed by atoms with van der Waals surface area (Å²) in [5.74, 6) is 0. The smallest absolute Gasteiger partial charge is 0.0640 e. The lowest BCUT2D eigenvalue weighted by Crippen LogP contribution is -2.52. The van der Waals surface area contributed by atoms with Gasteiger partial charge in [-0.2, -0.15) is 0 Å². The van der Waals surface area contributed by atoms with Crippen LogP contribution in [0.4, 0.5) is 0 Å². The minimum absolute atomic E-state index is 0.250. The zero-order chi connectivity index (χ0) is 6.36. The Balaban J connectivity index is 2.52. The first-order valence-electron chi connectivity index (χ1n) is 2.91. The highest BCUT2D eigenvalue weighted by atomic mass is 16.3. The Hall–Kier alpha value is -0.0800. The Morgan fingerprint density at radius 3 is 1.62 bits per heavy atom. The summed E-state index contributed by atoms with van der Waals surface area (Å²) in [6.07, 6.45) is -0.0394. The average Bonchev–Trinajstić information content (AvgIpc) is 1.68. The van der Waals surface area contributed by atoms with Crippen LogP contribution in [0.3, 0.4) is 0 Å². The molecule has 1 saturated carbocycles. The maximum atomic E-state index is 8.99. The first-order valence-corrected chi connectivity index (χ1v) is 2.91. The second-order valence-electron chi connectivity index (χ2n) is 3.09. The molecule has 0 amide bonds. The van der Waals surface area contributed by atoms with Crippen LogP contribution < -0.4 is 0 Å². The summed E-state index contributed by atoms with van der Waals surface area (Å²) in [4.78, 5) is 0. The molecule has 0 heterocycles. The number of aliphatic hydroxyl groups excluding tert-OH is 2. The fourth-order valence-corrected chi connectivity index (χ4v) is 0.881. The highest BCUT2D eigenvalue weighted by Crippen LogP contribution is 2.39. The van der Waals surface area contributed by atoms with E-state index in [0.29, 0.717) is 6.42 Å². The largest absolute Gasteiger partial charge is 0.392 e. The van der Waals surface area contributed by atoms with E-state index in [1.54, 1.807) is 0 Å². The van der Waals surface area contributed by atoms with Gasteiger partial charge in [0.15, 0.2) is 0 Å². The molecule has 2 heteroatoms. The Bertz CT molecular complexity index is 88.7. The van der Waals surface area contributed by atoms with Crippen molar-refractivity contribution < 1.29 is 10.2 Å². The lowest BCUT2D eigenvalue weighted by atomic mass is 9.67. The average molecular weight is 116 g/mol. The van der Waals surface area contributed by atoms with Crippen molar-refractivity contribution in [1.82, 2.24) is 0 Å². The van der Waals surface area contributed by atoms with Crippen LogP contribution in [0.2, 0.25) is 0 Å². The molecule has 0 bridgehead atoms. The zero-order valence-electron chi connectivity index (χ0n) is 5.26. The summed E-state index contributed by atoms with van der Waals surface area (Å²) >= 11 is 0. The van der Waals surface area contributed by atoms with Gasteiger partial charge in [-0.15, -0.1) is 0 Å². The molecule has 1 rings (SSSR count). The van der Waals surface area contributed by atoms with E-state index in [1.807, 2.05) is 13.8 Å². The van der Waals surface area contributed by atoms with Crippen LogP contribution >= 0.6 is 0 Å². The summed E-state index contributed by atoms with van der Waals surface area (Å²) in [7, 11) is 0. The van der Waals surface area contributed by atoms with Crippen LogP contribution in [0, 0.1) is 5.41 Å². The van der Waals surface area contributed by atoms with Crippen LogP contribution in [-0.2, 0) is 0 Å². The third-order valence-corrected chi connectivity index (χ3v) is 2.16. The lowest BCUT2D eigenvalue weighted by Gasteiger charge is -2.45. The molecule has 48 valence electrons. The Morgan fingerprint density at radius 1 is 1.25 bits per heavy atom. The van der Waals surface area contributed by atoms with Crippen LogP contribution in [-0.4, -0.2) is 22.4 Å². The number of hydrogen-bond acceptors (Lipinski definition) is 2. The van der Waals surface area contributed by atoms with E-state index >= 15 is 0 Å². The van der Waals surface area contributed by atoms with Gasteiger partial charge >= 0.3 is 0 Å². The van der Waals surface area contributed by atoms with Gasteiger partial charge in [0.05, 0.1) is 12.2 Å². The van der Waals surface area contributed by atoms with Crippen LogP contribution in [0.5, 0.6) is 0 Å².